The first-order valence-corrected chi connectivity index (χ1v) is 9.87. The molecule has 3 aromatic rings. The summed E-state index contributed by atoms with van der Waals surface area (Å²) in [7, 11) is 0. The summed E-state index contributed by atoms with van der Waals surface area (Å²) in [6, 6.07) is 10.2. The number of nitrogens with one attached hydrogen (secondary N) is 1. The molecule has 1 amide bonds. The lowest BCUT2D eigenvalue weighted by atomic mass is 10.2. The molecule has 0 atom stereocenters. The second-order valence-corrected chi connectivity index (χ2v) is 7.44. The van der Waals surface area contributed by atoms with Crippen LogP contribution >= 0.6 is 11.3 Å². The molecule has 0 saturated heterocycles. The number of aryl methyl sites for hydroxylation is 1. The highest BCUT2D eigenvalue weighted by Gasteiger charge is 2.30. The summed E-state index contributed by atoms with van der Waals surface area (Å²) in [6.07, 6.45) is -4.46. The summed E-state index contributed by atoms with van der Waals surface area (Å²) < 4.78 is 48.3. The number of hydrogen-bond acceptors (Lipinski definition) is 6. The number of amides is 1. The van der Waals surface area contributed by atoms with Crippen LogP contribution < -0.4 is 10.1 Å². The van der Waals surface area contributed by atoms with E-state index in [1.807, 2.05) is 12.3 Å². The number of halogens is 3. The van der Waals surface area contributed by atoms with E-state index in [9.17, 15) is 22.8 Å². The molecular weight excluding hydrogens is 433 g/mol. The first-order valence-electron chi connectivity index (χ1n) is 8.99. The Kier molecular flexibility index (Phi) is 6.91. The number of ether oxygens (including phenoxy) is 2. The van der Waals surface area contributed by atoms with Gasteiger partial charge in [-0.3, -0.25) is 4.79 Å². The smallest absolute Gasteiger partial charge is 0.416 e. The lowest BCUT2D eigenvalue weighted by Gasteiger charge is -2.10. The van der Waals surface area contributed by atoms with Gasteiger partial charge in [0.05, 0.1) is 21.8 Å². The van der Waals surface area contributed by atoms with Crippen LogP contribution in [0.15, 0.2) is 53.9 Å². The SMILES string of the molecule is Cc1nc(COc2cccc(C(=O)OCC(=O)Nc3ccc(C(F)(F)F)cc3)c2)cs1. The molecule has 0 radical (unpaired) electrons. The van der Waals surface area contributed by atoms with Crippen LogP contribution in [0, 0.1) is 6.92 Å². The van der Waals surface area contributed by atoms with Gasteiger partial charge in [0.25, 0.3) is 5.91 Å². The first kappa shape index (κ1) is 22.3. The standard InChI is InChI=1S/C21H17F3N2O4S/c1-13-25-17(12-31-13)10-29-18-4-2-3-14(9-18)20(28)30-11-19(27)26-16-7-5-15(6-8-16)21(22,23)24/h2-9,12H,10-11H2,1H3,(H,26,27). The van der Waals surface area contributed by atoms with Gasteiger partial charge in [0, 0.05) is 11.1 Å². The lowest BCUT2D eigenvalue weighted by molar-refractivity contribution is -0.137. The molecule has 0 aliphatic heterocycles. The number of aromatic nitrogens is 1. The monoisotopic (exact) mass is 450 g/mol. The van der Waals surface area contributed by atoms with Crippen LogP contribution in [-0.2, 0) is 22.3 Å². The molecular formula is C21H17F3N2O4S. The quantitative estimate of drug-likeness (QED) is 0.521. The van der Waals surface area contributed by atoms with Crippen molar-refractivity contribution in [2.45, 2.75) is 19.7 Å². The van der Waals surface area contributed by atoms with Crippen LogP contribution in [0.2, 0.25) is 0 Å². The van der Waals surface area contributed by atoms with Crippen LogP contribution in [0.25, 0.3) is 0 Å². The Hall–Kier alpha value is -3.40. The molecule has 0 fully saturated rings. The van der Waals surface area contributed by atoms with E-state index in [2.05, 4.69) is 10.3 Å². The minimum absolute atomic E-state index is 0.154. The molecule has 6 nitrogen and oxygen atoms in total. The molecule has 0 aliphatic carbocycles. The second kappa shape index (κ2) is 9.61. The predicted octanol–water partition coefficient (Wildman–Crippen LogP) is 4.84. The van der Waals surface area contributed by atoms with Gasteiger partial charge >= 0.3 is 12.1 Å². The Labute approximate surface area is 179 Å². The molecule has 3 rings (SSSR count). The highest BCUT2D eigenvalue weighted by molar-refractivity contribution is 7.09. The normalized spacial score (nSPS) is 11.1. The Morgan fingerprint density at radius 2 is 1.87 bits per heavy atom. The fraction of sp³-hybridized carbons (Fsp3) is 0.190. The fourth-order valence-electron chi connectivity index (χ4n) is 2.50. The van der Waals surface area contributed by atoms with Crippen molar-refractivity contribution in [1.29, 1.82) is 0 Å². The Morgan fingerprint density at radius 3 is 2.52 bits per heavy atom. The van der Waals surface area contributed by atoms with E-state index in [4.69, 9.17) is 9.47 Å². The van der Waals surface area contributed by atoms with Crippen LogP contribution in [0.1, 0.15) is 26.6 Å². The number of nitrogens with zero attached hydrogens (tertiary/aromatic N) is 1. The number of thiazole rings is 1. The number of benzene rings is 2. The second-order valence-electron chi connectivity index (χ2n) is 6.37. The summed E-state index contributed by atoms with van der Waals surface area (Å²) in [5, 5.41) is 5.16. The van der Waals surface area contributed by atoms with E-state index in [1.54, 1.807) is 12.1 Å². The molecule has 0 spiro atoms. The van der Waals surface area contributed by atoms with Crippen molar-refractivity contribution < 1.29 is 32.2 Å². The third-order valence-corrected chi connectivity index (χ3v) is 4.78. The van der Waals surface area contributed by atoms with Gasteiger partial charge in [0.2, 0.25) is 0 Å². The zero-order chi connectivity index (χ0) is 22.4. The molecule has 0 bridgehead atoms. The molecule has 162 valence electrons. The van der Waals surface area contributed by atoms with Crippen molar-refractivity contribution in [2.75, 3.05) is 11.9 Å². The van der Waals surface area contributed by atoms with Gasteiger partial charge in [-0.05, 0) is 49.4 Å². The van der Waals surface area contributed by atoms with E-state index in [1.165, 1.54) is 23.5 Å². The summed E-state index contributed by atoms with van der Waals surface area (Å²) in [5.74, 6) is -0.980. The molecule has 1 N–H and O–H groups in total. The summed E-state index contributed by atoms with van der Waals surface area (Å²) in [4.78, 5) is 28.4. The van der Waals surface area contributed by atoms with Gasteiger partial charge in [-0.2, -0.15) is 13.2 Å². The average Bonchev–Trinajstić information content (AvgIpc) is 3.15. The minimum Gasteiger partial charge on any atom is -0.487 e. The van der Waals surface area contributed by atoms with Crippen LogP contribution in [0.4, 0.5) is 18.9 Å². The third-order valence-electron chi connectivity index (χ3n) is 3.95. The van der Waals surface area contributed by atoms with Crippen LogP contribution in [0.3, 0.4) is 0 Å². The number of esters is 1. The number of rotatable bonds is 7. The molecule has 0 unspecified atom stereocenters. The van der Waals surface area contributed by atoms with Crippen molar-refractivity contribution in [3.05, 3.63) is 75.7 Å². The maximum absolute atomic E-state index is 12.6. The molecule has 0 saturated carbocycles. The van der Waals surface area contributed by atoms with E-state index in [0.717, 1.165) is 35.0 Å². The van der Waals surface area contributed by atoms with E-state index in [-0.39, 0.29) is 17.9 Å². The van der Waals surface area contributed by atoms with Gasteiger partial charge in [0.1, 0.15) is 12.4 Å². The maximum Gasteiger partial charge on any atom is 0.416 e. The highest BCUT2D eigenvalue weighted by Crippen LogP contribution is 2.29. The molecule has 1 aromatic heterocycles. The topological polar surface area (TPSA) is 77.5 Å². The van der Waals surface area contributed by atoms with Gasteiger partial charge in [-0.15, -0.1) is 11.3 Å². The molecule has 10 heteroatoms. The third kappa shape index (κ3) is 6.54. The highest BCUT2D eigenvalue weighted by atomic mass is 32.1. The van der Waals surface area contributed by atoms with Crippen molar-refractivity contribution in [1.82, 2.24) is 4.98 Å². The molecule has 0 aliphatic rings. The fourth-order valence-corrected chi connectivity index (χ4v) is 3.10. The number of hydrogen-bond donors (Lipinski definition) is 1. The first-order chi connectivity index (χ1) is 14.7. The Balaban J connectivity index is 1.50. The summed E-state index contributed by atoms with van der Waals surface area (Å²) >= 11 is 1.51. The minimum atomic E-state index is -4.46. The largest absolute Gasteiger partial charge is 0.487 e. The number of carbonyl (C=O) groups excluding carboxylic acids is 2. The van der Waals surface area contributed by atoms with Crippen molar-refractivity contribution >= 4 is 28.9 Å². The average molecular weight is 450 g/mol. The number of carbonyl (C=O) groups is 2. The Bertz CT molecular complexity index is 1060. The van der Waals surface area contributed by atoms with E-state index < -0.39 is 30.2 Å². The van der Waals surface area contributed by atoms with Gasteiger partial charge < -0.3 is 14.8 Å². The van der Waals surface area contributed by atoms with E-state index >= 15 is 0 Å². The van der Waals surface area contributed by atoms with Gasteiger partial charge in [-0.25, -0.2) is 9.78 Å². The zero-order valence-electron chi connectivity index (χ0n) is 16.2. The van der Waals surface area contributed by atoms with Gasteiger partial charge in [0.15, 0.2) is 6.61 Å². The summed E-state index contributed by atoms with van der Waals surface area (Å²) in [5.41, 5.74) is 0.287. The van der Waals surface area contributed by atoms with Crippen molar-refractivity contribution in [2.24, 2.45) is 0 Å². The zero-order valence-corrected chi connectivity index (χ0v) is 17.0. The maximum atomic E-state index is 12.6. The van der Waals surface area contributed by atoms with Gasteiger partial charge in [-0.1, -0.05) is 6.07 Å². The molecule has 2 aromatic carbocycles. The van der Waals surface area contributed by atoms with Crippen LogP contribution in [0.5, 0.6) is 5.75 Å². The van der Waals surface area contributed by atoms with Crippen LogP contribution in [-0.4, -0.2) is 23.5 Å². The summed E-state index contributed by atoms with van der Waals surface area (Å²) in [6.45, 7) is 1.54. The van der Waals surface area contributed by atoms with Crippen molar-refractivity contribution in [3.63, 3.8) is 0 Å². The van der Waals surface area contributed by atoms with Crippen molar-refractivity contribution in [3.8, 4) is 5.75 Å². The molecule has 1 heterocycles. The Morgan fingerprint density at radius 1 is 1.13 bits per heavy atom. The van der Waals surface area contributed by atoms with E-state index in [0.29, 0.717) is 5.75 Å². The number of anilines is 1. The predicted molar refractivity (Wildman–Crippen MR) is 108 cm³/mol. The lowest BCUT2D eigenvalue weighted by Crippen LogP contribution is -2.21. The molecule has 31 heavy (non-hydrogen) atoms. The number of alkyl halides is 3.